The Bertz CT molecular complexity index is 970. The van der Waals surface area contributed by atoms with Gasteiger partial charge in [0.1, 0.15) is 11.0 Å². The molecular weight excluding hydrogens is 388 g/mol. The SMILES string of the molecule is Cc1nn(Cc2ccccc2Cl)c(Cl)c1C(=O)NC(C)c1ccc(F)cc1. The predicted octanol–water partition coefficient (Wildman–Crippen LogP) is 5.18. The lowest BCUT2D eigenvalue weighted by Gasteiger charge is -2.14. The van der Waals surface area contributed by atoms with Crippen LogP contribution in [0.1, 0.15) is 40.1 Å². The van der Waals surface area contributed by atoms with Crippen molar-refractivity contribution < 1.29 is 9.18 Å². The molecule has 0 bridgehead atoms. The second kappa shape index (κ2) is 8.11. The molecule has 4 nitrogen and oxygen atoms in total. The number of hydrogen-bond donors (Lipinski definition) is 1. The van der Waals surface area contributed by atoms with E-state index in [9.17, 15) is 9.18 Å². The van der Waals surface area contributed by atoms with E-state index in [1.165, 1.54) is 12.1 Å². The van der Waals surface area contributed by atoms with Gasteiger partial charge in [0, 0.05) is 5.02 Å². The van der Waals surface area contributed by atoms with Gasteiger partial charge in [-0.3, -0.25) is 4.79 Å². The fourth-order valence-corrected chi connectivity index (χ4v) is 3.32. The minimum atomic E-state index is -0.334. The first kappa shape index (κ1) is 19.4. The standard InChI is InChI=1S/C20H18Cl2FN3O/c1-12(14-7-9-16(23)10-8-14)24-20(27)18-13(2)25-26(19(18)22)11-15-5-3-4-6-17(15)21/h3-10,12H,11H2,1-2H3,(H,24,27). The Kier molecular flexibility index (Phi) is 5.82. The molecule has 0 fully saturated rings. The summed E-state index contributed by atoms with van der Waals surface area (Å²) in [5.41, 5.74) is 2.49. The van der Waals surface area contributed by atoms with Crippen LogP contribution in [0.2, 0.25) is 10.2 Å². The lowest BCUT2D eigenvalue weighted by atomic mass is 10.1. The molecule has 2 aromatic carbocycles. The van der Waals surface area contributed by atoms with Crippen LogP contribution in [0.15, 0.2) is 48.5 Å². The Morgan fingerprint density at radius 2 is 1.85 bits per heavy atom. The topological polar surface area (TPSA) is 46.9 Å². The van der Waals surface area contributed by atoms with Crippen LogP contribution in [0.4, 0.5) is 4.39 Å². The zero-order valence-corrected chi connectivity index (χ0v) is 16.4. The Hall–Kier alpha value is -2.37. The van der Waals surface area contributed by atoms with E-state index in [-0.39, 0.29) is 22.9 Å². The molecule has 0 radical (unpaired) electrons. The summed E-state index contributed by atoms with van der Waals surface area (Å²) < 4.78 is 14.6. The van der Waals surface area contributed by atoms with E-state index in [2.05, 4.69) is 10.4 Å². The van der Waals surface area contributed by atoms with Crippen LogP contribution in [-0.2, 0) is 6.54 Å². The first-order valence-corrected chi connectivity index (χ1v) is 9.15. The molecule has 140 valence electrons. The van der Waals surface area contributed by atoms with E-state index in [4.69, 9.17) is 23.2 Å². The molecule has 0 aliphatic heterocycles. The molecule has 0 spiro atoms. The first-order valence-electron chi connectivity index (χ1n) is 8.39. The Morgan fingerprint density at radius 3 is 2.52 bits per heavy atom. The summed E-state index contributed by atoms with van der Waals surface area (Å²) in [5.74, 6) is -0.656. The van der Waals surface area contributed by atoms with Gasteiger partial charge in [0.25, 0.3) is 5.91 Å². The molecular formula is C20H18Cl2FN3O. The van der Waals surface area contributed by atoms with Crippen molar-refractivity contribution in [2.45, 2.75) is 26.4 Å². The van der Waals surface area contributed by atoms with E-state index in [1.54, 1.807) is 29.8 Å². The van der Waals surface area contributed by atoms with Crippen molar-refractivity contribution in [2.75, 3.05) is 0 Å². The monoisotopic (exact) mass is 405 g/mol. The van der Waals surface area contributed by atoms with Crippen LogP contribution in [0.3, 0.4) is 0 Å². The number of hydrogen-bond acceptors (Lipinski definition) is 2. The third-order valence-electron chi connectivity index (χ3n) is 4.29. The predicted molar refractivity (Wildman–Crippen MR) is 105 cm³/mol. The molecule has 0 saturated heterocycles. The number of rotatable bonds is 5. The second-order valence-corrected chi connectivity index (χ2v) is 7.01. The highest BCUT2D eigenvalue weighted by atomic mass is 35.5. The third kappa shape index (κ3) is 4.31. The number of aromatic nitrogens is 2. The summed E-state index contributed by atoms with van der Waals surface area (Å²) in [6.45, 7) is 3.91. The Balaban J connectivity index is 1.80. The minimum absolute atomic E-state index is 0.247. The highest BCUT2D eigenvalue weighted by Crippen LogP contribution is 2.24. The summed E-state index contributed by atoms with van der Waals surface area (Å²) in [6.07, 6.45) is 0. The molecule has 3 rings (SSSR count). The Morgan fingerprint density at radius 1 is 1.19 bits per heavy atom. The highest BCUT2D eigenvalue weighted by molar-refractivity contribution is 6.33. The molecule has 1 N–H and O–H groups in total. The van der Waals surface area contributed by atoms with Gasteiger partial charge >= 0.3 is 0 Å². The molecule has 0 saturated carbocycles. The molecule has 27 heavy (non-hydrogen) atoms. The number of carbonyl (C=O) groups excluding carboxylic acids is 1. The Labute approximate surface area is 166 Å². The largest absolute Gasteiger partial charge is 0.345 e. The van der Waals surface area contributed by atoms with E-state index >= 15 is 0 Å². The smallest absolute Gasteiger partial charge is 0.256 e. The second-order valence-electron chi connectivity index (χ2n) is 6.25. The first-order chi connectivity index (χ1) is 12.9. The quantitative estimate of drug-likeness (QED) is 0.635. The minimum Gasteiger partial charge on any atom is -0.345 e. The number of amides is 1. The van der Waals surface area contributed by atoms with Gasteiger partial charge in [-0.2, -0.15) is 5.10 Å². The normalized spacial score (nSPS) is 12.0. The number of halogens is 3. The van der Waals surface area contributed by atoms with E-state index in [0.717, 1.165) is 11.1 Å². The van der Waals surface area contributed by atoms with Gasteiger partial charge in [-0.05, 0) is 43.2 Å². The molecule has 0 aliphatic rings. The van der Waals surface area contributed by atoms with Crippen molar-refractivity contribution in [1.29, 1.82) is 0 Å². The molecule has 1 atom stereocenters. The van der Waals surface area contributed by atoms with Crippen LogP contribution in [0.25, 0.3) is 0 Å². The fraction of sp³-hybridized carbons (Fsp3) is 0.200. The number of carbonyl (C=O) groups is 1. The van der Waals surface area contributed by atoms with Gasteiger partial charge in [-0.1, -0.05) is 53.5 Å². The van der Waals surface area contributed by atoms with Gasteiger partial charge in [-0.15, -0.1) is 0 Å². The summed E-state index contributed by atoms with van der Waals surface area (Å²) >= 11 is 12.6. The molecule has 1 amide bonds. The van der Waals surface area contributed by atoms with Gasteiger partial charge in [0.15, 0.2) is 0 Å². The van der Waals surface area contributed by atoms with E-state index in [0.29, 0.717) is 22.8 Å². The average molecular weight is 406 g/mol. The summed E-state index contributed by atoms with van der Waals surface area (Å²) in [4.78, 5) is 12.7. The van der Waals surface area contributed by atoms with Crippen LogP contribution in [-0.4, -0.2) is 15.7 Å². The van der Waals surface area contributed by atoms with Crippen molar-refractivity contribution in [1.82, 2.24) is 15.1 Å². The van der Waals surface area contributed by atoms with Crippen molar-refractivity contribution in [3.05, 3.63) is 86.9 Å². The fourth-order valence-electron chi connectivity index (χ4n) is 2.81. The van der Waals surface area contributed by atoms with Crippen molar-refractivity contribution in [3.63, 3.8) is 0 Å². The van der Waals surface area contributed by atoms with Gasteiger partial charge in [0.05, 0.1) is 23.8 Å². The number of aryl methyl sites for hydroxylation is 1. The summed E-state index contributed by atoms with van der Waals surface area (Å²) in [5, 5.41) is 8.11. The van der Waals surface area contributed by atoms with Crippen molar-refractivity contribution in [3.8, 4) is 0 Å². The maximum Gasteiger partial charge on any atom is 0.256 e. The number of benzene rings is 2. The van der Waals surface area contributed by atoms with Crippen LogP contribution < -0.4 is 5.32 Å². The van der Waals surface area contributed by atoms with Crippen LogP contribution in [0, 0.1) is 12.7 Å². The molecule has 1 unspecified atom stereocenters. The number of nitrogens with one attached hydrogen (secondary N) is 1. The zero-order valence-electron chi connectivity index (χ0n) is 14.8. The van der Waals surface area contributed by atoms with Gasteiger partial charge in [0.2, 0.25) is 0 Å². The van der Waals surface area contributed by atoms with Crippen molar-refractivity contribution in [2.24, 2.45) is 0 Å². The van der Waals surface area contributed by atoms with Gasteiger partial charge in [-0.25, -0.2) is 9.07 Å². The zero-order chi connectivity index (χ0) is 19.6. The summed E-state index contributed by atoms with van der Waals surface area (Å²) in [7, 11) is 0. The highest BCUT2D eigenvalue weighted by Gasteiger charge is 2.22. The molecule has 1 heterocycles. The molecule has 7 heteroatoms. The molecule has 1 aromatic heterocycles. The lowest BCUT2D eigenvalue weighted by Crippen LogP contribution is -2.27. The molecule has 3 aromatic rings. The van der Waals surface area contributed by atoms with Crippen LogP contribution in [0.5, 0.6) is 0 Å². The maximum atomic E-state index is 13.1. The maximum absolute atomic E-state index is 13.1. The lowest BCUT2D eigenvalue weighted by molar-refractivity contribution is 0.0939. The van der Waals surface area contributed by atoms with Crippen molar-refractivity contribution >= 4 is 29.1 Å². The van der Waals surface area contributed by atoms with Crippen LogP contribution >= 0.6 is 23.2 Å². The van der Waals surface area contributed by atoms with E-state index < -0.39 is 0 Å². The summed E-state index contributed by atoms with van der Waals surface area (Å²) in [6, 6.07) is 13.1. The van der Waals surface area contributed by atoms with Gasteiger partial charge < -0.3 is 5.32 Å². The van der Waals surface area contributed by atoms with E-state index in [1.807, 2.05) is 25.1 Å². The third-order valence-corrected chi connectivity index (χ3v) is 5.04. The molecule has 0 aliphatic carbocycles. The average Bonchev–Trinajstić information content (AvgIpc) is 2.91. The number of nitrogens with zero attached hydrogens (tertiary/aromatic N) is 2.